The molecule has 21 heavy (non-hydrogen) atoms. The molecule has 9 heteroatoms. The summed E-state index contributed by atoms with van der Waals surface area (Å²) in [7, 11) is 0.351. The van der Waals surface area contributed by atoms with Crippen LogP contribution in [0.3, 0.4) is 0 Å². The summed E-state index contributed by atoms with van der Waals surface area (Å²) in [5.74, 6) is -0.0603. The molecule has 1 N–H and O–H groups in total. The zero-order valence-electron chi connectivity index (χ0n) is 12.3. The second kappa shape index (κ2) is 8.23. The fourth-order valence-corrected chi connectivity index (χ4v) is 4.65. The molecule has 1 amide bonds. The molecular formula is C12H20BrN3O3S2. The first-order valence-electron chi connectivity index (χ1n) is 6.37. The number of carbonyl (C=O) groups excluding carboxylic acids is 1. The second-order valence-corrected chi connectivity index (χ2v) is 9.22. The van der Waals surface area contributed by atoms with Gasteiger partial charge in [0.2, 0.25) is 15.9 Å². The van der Waals surface area contributed by atoms with Crippen molar-refractivity contribution in [1.82, 2.24) is 14.5 Å². The number of sulfonamides is 1. The summed E-state index contributed by atoms with van der Waals surface area (Å²) in [6.45, 7) is 3.36. The number of halogens is 1. The Morgan fingerprint density at radius 3 is 2.43 bits per heavy atom. The van der Waals surface area contributed by atoms with Gasteiger partial charge in [-0.15, -0.1) is 11.3 Å². The maximum absolute atomic E-state index is 12.0. The van der Waals surface area contributed by atoms with Crippen LogP contribution in [0.15, 0.2) is 20.1 Å². The molecule has 1 aromatic rings. The monoisotopic (exact) mass is 397 g/mol. The van der Waals surface area contributed by atoms with E-state index in [4.69, 9.17) is 0 Å². The van der Waals surface area contributed by atoms with E-state index in [-0.39, 0.29) is 16.7 Å². The highest BCUT2D eigenvalue weighted by Crippen LogP contribution is 2.25. The lowest BCUT2D eigenvalue weighted by Gasteiger charge is -2.23. The molecule has 1 aromatic heterocycles. The lowest BCUT2D eigenvalue weighted by Crippen LogP contribution is -2.40. The Hall–Kier alpha value is -0.480. The highest BCUT2D eigenvalue weighted by molar-refractivity contribution is 9.11. The molecule has 0 atom stereocenters. The lowest BCUT2D eigenvalue weighted by atomic mass is 10.4. The molecule has 0 saturated carbocycles. The molecule has 0 saturated heterocycles. The van der Waals surface area contributed by atoms with E-state index in [1.165, 1.54) is 6.92 Å². The van der Waals surface area contributed by atoms with Crippen LogP contribution in [0.5, 0.6) is 0 Å². The topological polar surface area (TPSA) is 69.7 Å². The van der Waals surface area contributed by atoms with Gasteiger partial charge in [0.1, 0.15) is 4.21 Å². The number of thiophene rings is 1. The predicted molar refractivity (Wildman–Crippen MR) is 88.0 cm³/mol. The fraction of sp³-hybridized carbons (Fsp3) is 0.583. The van der Waals surface area contributed by atoms with Crippen molar-refractivity contribution in [2.75, 3.05) is 40.3 Å². The van der Waals surface area contributed by atoms with Gasteiger partial charge in [0.05, 0.1) is 3.79 Å². The molecule has 0 spiro atoms. The molecule has 0 bridgehead atoms. The van der Waals surface area contributed by atoms with Gasteiger partial charge in [0.25, 0.3) is 0 Å². The number of carbonyl (C=O) groups is 1. The zero-order chi connectivity index (χ0) is 16.0. The minimum absolute atomic E-state index is 0.0603. The first-order valence-corrected chi connectivity index (χ1v) is 9.47. The number of rotatable bonds is 8. The molecule has 1 rings (SSSR count). The predicted octanol–water partition coefficient (Wildman–Crippen LogP) is 1.20. The fourth-order valence-electron chi connectivity index (χ4n) is 1.58. The van der Waals surface area contributed by atoms with E-state index in [1.807, 2.05) is 19.0 Å². The van der Waals surface area contributed by atoms with Gasteiger partial charge in [0, 0.05) is 33.1 Å². The number of hydrogen-bond acceptors (Lipinski definition) is 5. The molecule has 0 fully saturated rings. The first kappa shape index (κ1) is 18.6. The van der Waals surface area contributed by atoms with E-state index in [1.54, 1.807) is 17.0 Å². The molecule has 0 aromatic carbocycles. The summed E-state index contributed by atoms with van der Waals surface area (Å²) in [6, 6.07) is 3.24. The third-order valence-electron chi connectivity index (χ3n) is 2.75. The molecule has 0 aliphatic carbocycles. The summed E-state index contributed by atoms with van der Waals surface area (Å²) in [5, 5.41) is 0. The Morgan fingerprint density at radius 1 is 1.29 bits per heavy atom. The van der Waals surface area contributed by atoms with Crippen LogP contribution in [-0.4, -0.2) is 64.4 Å². The zero-order valence-corrected chi connectivity index (χ0v) is 15.5. The van der Waals surface area contributed by atoms with Crippen LogP contribution in [0, 0.1) is 0 Å². The lowest BCUT2D eigenvalue weighted by molar-refractivity contribution is -0.128. The van der Waals surface area contributed by atoms with Crippen molar-refractivity contribution >= 4 is 43.2 Å². The number of nitrogens with zero attached hydrogens (tertiary/aromatic N) is 2. The van der Waals surface area contributed by atoms with E-state index in [9.17, 15) is 13.2 Å². The van der Waals surface area contributed by atoms with Gasteiger partial charge in [-0.25, -0.2) is 13.1 Å². The maximum Gasteiger partial charge on any atom is 0.250 e. The molecule has 120 valence electrons. The van der Waals surface area contributed by atoms with Crippen LogP contribution in [-0.2, 0) is 14.8 Å². The van der Waals surface area contributed by atoms with E-state index in [2.05, 4.69) is 20.7 Å². The van der Waals surface area contributed by atoms with Crippen molar-refractivity contribution in [3.63, 3.8) is 0 Å². The Morgan fingerprint density at radius 2 is 1.95 bits per heavy atom. The van der Waals surface area contributed by atoms with E-state index in [0.717, 1.165) is 21.7 Å². The number of likely N-dealkylation sites (N-methyl/N-ethyl adjacent to an activating group) is 1. The van der Waals surface area contributed by atoms with Crippen molar-refractivity contribution in [2.45, 2.75) is 11.1 Å². The van der Waals surface area contributed by atoms with E-state index < -0.39 is 10.0 Å². The molecule has 0 aliphatic rings. The van der Waals surface area contributed by atoms with Crippen LogP contribution >= 0.6 is 27.3 Å². The van der Waals surface area contributed by atoms with Gasteiger partial charge in [-0.3, -0.25) is 4.79 Å². The minimum atomic E-state index is -3.50. The quantitative estimate of drug-likeness (QED) is 0.715. The third-order valence-corrected chi connectivity index (χ3v) is 6.33. The number of nitrogens with one attached hydrogen (secondary N) is 1. The van der Waals surface area contributed by atoms with Crippen molar-refractivity contribution in [3.05, 3.63) is 15.9 Å². The van der Waals surface area contributed by atoms with Gasteiger partial charge in [-0.1, -0.05) is 0 Å². The largest absolute Gasteiger partial charge is 0.340 e. The van der Waals surface area contributed by atoms with Gasteiger partial charge in [0.15, 0.2) is 0 Å². The molecule has 0 unspecified atom stereocenters. The smallest absolute Gasteiger partial charge is 0.250 e. The Bertz CT molecular complexity index is 572. The summed E-state index contributed by atoms with van der Waals surface area (Å²) in [5.41, 5.74) is 0. The Balaban J connectivity index is 2.51. The highest BCUT2D eigenvalue weighted by Gasteiger charge is 2.17. The van der Waals surface area contributed by atoms with Crippen molar-refractivity contribution in [1.29, 1.82) is 0 Å². The maximum atomic E-state index is 12.0. The third kappa shape index (κ3) is 6.43. The summed E-state index contributed by atoms with van der Waals surface area (Å²) in [6.07, 6.45) is 0. The molecule has 6 nitrogen and oxygen atoms in total. The van der Waals surface area contributed by atoms with Gasteiger partial charge < -0.3 is 9.80 Å². The van der Waals surface area contributed by atoms with Gasteiger partial charge in [-0.05, 0) is 42.2 Å². The number of amides is 1. The Labute approximate surface area is 138 Å². The number of hydrogen-bond donors (Lipinski definition) is 1. The van der Waals surface area contributed by atoms with E-state index in [0.29, 0.717) is 13.1 Å². The molecule has 1 heterocycles. The summed E-state index contributed by atoms with van der Waals surface area (Å²) >= 11 is 4.39. The van der Waals surface area contributed by atoms with Crippen molar-refractivity contribution in [3.8, 4) is 0 Å². The normalized spacial score (nSPS) is 11.9. The minimum Gasteiger partial charge on any atom is -0.340 e. The summed E-state index contributed by atoms with van der Waals surface area (Å²) in [4.78, 5) is 15.1. The highest BCUT2D eigenvalue weighted by atomic mass is 79.9. The van der Waals surface area contributed by atoms with Gasteiger partial charge >= 0.3 is 0 Å². The average Bonchev–Trinajstić information content (AvgIpc) is 2.80. The van der Waals surface area contributed by atoms with Crippen LogP contribution in [0.1, 0.15) is 6.92 Å². The standard InChI is InChI=1S/C12H20BrN3O3S2/c1-10(17)16(9-8-15(2)3)7-6-14-21(18,19)12-5-4-11(13)20-12/h4-5,14H,6-9H2,1-3H3. The Kier molecular flexibility index (Phi) is 7.28. The molecular weight excluding hydrogens is 378 g/mol. The summed E-state index contributed by atoms with van der Waals surface area (Å²) < 4.78 is 27.6. The molecule has 0 aliphatic heterocycles. The average molecular weight is 398 g/mol. The van der Waals surface area contributed by atoms with Crippen LogP contribution < -0.4 is 4.72 Å². The van der Waals surface area contributed by atoms with Gasteiger partial charge in [-0.2, -0.15) is 0 Å². The molecule has 0 radical (unpaired) electrons. The van der Waals surface area contributed by atoms with Crippen LogP contribution in [0.4, 0.5) is 0 Å². The van der Waals surface area contributed by atoms with Crippen LogP contribution in [0.2, 0.25) is 0 Å². The second-order valence-electron chi connectivity index (χ2n) is 4.77. The van der Waals surface area contributed by atoms with E-state index >= 15 is 0 Å². The first-order chi connectivity index (χ1) is 9.72. The van der Waals surface area contributed by atoms with Crippen molar-refractivity contribution in [2.24, 2.45) is 0 Å². The van der Waals surface area contributed by atoms with Crippen molar-refractivity contribution < 1.29 is 13.2 Å². The van der Waals surface area contributed by atoms with Crippen LogP contribution in [0.25, 0.3) is 0 Å². The SMILES string of the molecule is CC(=O)N(CCNS(=O)(=O)c1ccc(Br)s1)CCN(C)C.